The average molecular weight is 298 g/mol. The normalized spacial score (nSPS) is 11.6. The second kappa shape index (κ2) is 5.16. The summed E-state index contributed by atoms with van der Waals surface area (Å²) in [5.74, 6) is -2.97. The first-order valence-electron chi connectivity index (χ1n) is 5.69. The van der Waals surface area contributed by atoms with Gasteiger partial charge in [-0.3, -0.25) is 4.98 Å². The zero-order valence-corrected chi connectivity index (χ0v) is 11.4. The van der Waals surface area contributed by atoms with Crippen molar-refractivity contribution >= 4 is 15.5 Å². The van der Waals surface area contributed by atoms with Crippen molar-refractivity contribution in [3.8, 4) is 0 Å². The molecule has 0 radical (unpaired) electrons. The van der Waals surface area contributed by atoms with Crippen molar-refractivity contribution in [2.24, 2.45) is 0 Å². The van der Waals surface area contributed by atoms with Crippen LogP contribution in [0.2, 0.25) is 0 Å². The van der Waals surface area contributed by atoms with Crippen LogP contribution in [0.5, 0.6) is 0 Å². The molecule has 106 valence electrons. The molecule has 0 saturated carbocycles. The predicted octanol–water partition coefficient (Wildman–Crippen LogP) is 2.22. The highest BCUT2D eigenvalue weighted by Crippen LogP contribution is 2.24. The molecule has 0 unspecified atom stereocenters. The van der Waals surface area contributed by atoms with Crippen LogP contribution in [0.1, 0.15) is 11.4 Å². The van der Waals surface area contributed by atoms with E-state index in [1.165, 1.54) is 6.07 Å². The molecule has 20 heavy (non-hydrogen) atoms. The third-order valence-corrected chi connectivity index (χ3v) is 4.30. The summed E-state index contributed by atoms with van der Waals surface area (Å²) in [7, 11) is -4.18. The Morgan fingerprint density at radius 3 is 2.35 bits per heavy atom. The number of nitrogen functional groups attached to an aromatic ring is 1. The Labute approximate surface area is 115 Å². The molecule has 0 bridgehead atoms. The molecule has 7 heteroatoms. The molecule has 0 spiro atoms. The minimum absolute atomic E-state index is 0.173. The fraction of sp³-hybridized carbons (Fsp3) is 0.154. The average Bonchev–Trinajstić information content (AvgIpc) is 2.25. The highest BCUT2D eigenvalue weighted by Gasteiger charge is 2.25. The highest BCUT2D eigenvalue weighted by atomic mass is 32.2. The molecule has 1 aromatic heterocycles. The number of aromatic nitrogens is 1. The van der Waals surface area contributed by atoms with Gasteiger partial charge in [0.2, 0.25) is 0 Å². The number of nitrogens with two attached hydrogens (primary N) is 1. The third-order valence-electron chi connectivity index (χ3n) is 2.62. The molecule has 0 amide bonds. The van der Waals surface area contributed by atoms with Gasteiger partial charge in [-0.15, -0.1) is 0 Å². The van der Waals surface area contributed by atoms with E-state index in [-0.39, 0.29) is 11.4 Å². The summed E-state index contributed by atoms with van der Waals surface area (Å²) >= 11 is 0. The summed E-state index contributed by atoms with van der Waals surface area (Å²) in [5, 5.41) is 0. The maximum atomic E-state index is 13.7. The van der Waals surface area contributed by atoms with Crippen LogP contribution in [-0.2, 0) is 15.6 Å². The lowest BCUT2D eigenvalue weighted by molar-refractivity contribution is 0.519. The zero-order chi connectivity index (χ0) is 14.9. The standard InChI is InChI=1S/C13H12F2N2O2S/c1-8-3-2-4-10(17-8)7-20(18,19)13-11(14)5-9(16)6-12(13)15/h2-6H,7,16H2,1H3. The number of nitrogens with zero attached hydrogens (tertiary/aromatic N) is 1. The molecule has 2 aromatic rings. The van der Waals surface area contributed by atoms with Gasteiger partial charge in [-0.2, -0.15) is 0 Å². The number of anilines is 1. The quantitative estimate of drug-likeness (QED) is 0.882. The van der Waals surface area contributed by atoms with Gasteiger partial charge >= 0.3 is 0 Å². The molecule has 0 saturated heterocycles. The van der Waals surface area contributed by atoms with Gasteiger partial charge in [-0.05, 0) is 31.2 Å². The molecule has 0 aliphatic rings. The SMILES string of the molecule is Cc1cccc(CS(=O)(=O)c2c(F)cc(N)cc2F)n1. The second-order valence-corrected chi connectivity index (χ2v) is 6.27. The summed E-state index contributed by atoms with van der Waals surface area (Å²) in [6.07, 6.45) is 0. The van der Waals surface area contributed by atoms with Gasteiger partial charge in [-0.1, -0.05) is 6.07 Å². The van der Waals surface area contributed by atoms with E-state index >= 15 is 0 Å². The largest absolute Gasteiger partial charge is 0.399 e. The maximum absolute atomic E-state index is 13.7. The van der Waals surface area contributed by atoms with Crippen molar-refractivity contribution in [3.63, 3.8) is 0 Å². The Bertz CT molecular complexity index is 738. The maximum Gasteiger partial charge on any atom is 0.189 e. The van der Waals surface area contributed by atoms with Crippen molar-refractivity contribution in [3.05, 3.63) is 53.4 Å². The van der Waals surface area contributed by atoms with Crippen LogP contribution in [0.3, 0.4) is 0 Å². The molecule has 0 aliphatic heterocycles. The minimum Gasteiger partial charge on any atom is -0.399 e. The van der Waals surface area contributed by atoms with Crippen LogP contribution in [0, 0.1) is 18.6 Å². The minimum atomic E-state index is -4.18. The topological polar surface area (TPSA) is 73.0 Å². The molecule has 0 fully saturated rings. The lowest BCUT2D eigenvalue weighted by Gasteiger charge is -2.08. The molecule has 1 heterocycles. The van der Waals surface area contributed by atoms with E-state index in [1.807, 2.05) is 0 Å². The molecule has 0 aliphatic carbocycles. The third kappa shape index (κ3) is 2.93. The van der Waals surface area contributed by atoms with E-state index in [0.717, 1.165) is 12.1 Å². The first-order chi connectivity index (χ1) is 9.29. The van der Waals surface area contributed by atoms with Crippen LogP contribution in [0.4, 0.5) is 14.5 Å². The number of hydrogen-bond acceptors (Lipinski definition) is 4. The van der Waals surface area contributed by atoms with Gasteiger partial charge in [0.25, 0.3) is 0 Å². The van der Waals surface area contributed by atoms with Gasteiger partial charge in [0.1, 0.15) is 16.5 Å². The first kappa shape index (κ1) is 14.4. The smallest absolute Gasteiger partial charge is 0.189 e. The molecule has 1 aromatic carbocycles. The summed E-state index contributed by atoms with van der Waals surface area (Å²) < 4.78 is 51.5. The first-order valence-corrected chi connectivity index (χ1v) is 7.34. The van der Waals surface area contributed by atoms with E-state index in [1.54, 1.807) is 19.1 Å². The Hall–Kier alpha value is -2.02. The number of pyridine rings is 1. The van der Waals surface area contributed by atoms with Gasteiger partial charge in [0.05, 0.1) is 11.4 Å². The van der Waals surface area contributed by atoms with E-state index in [0.29, 0.717) is 5.69 Å². The van der Waals surface area contributed by atoms with Gasteiger partial charge < -0.3 is 5.73 Å². The van der Waals surface area contributed by atoms with Crippen molar-refractivity contribution < 1.29 is 17.2 Å². The summed E-state index contributed by atoms with van der Waals surface area (Å²) in [4.78, 5) is 3.04. The van der Waals surface area contributed by atoms with E-state index in [4.69, 9.17) is 5.73 Å². The van der Waals surface area contributed by atoms with Gasteiger partial charge in [0.15, 0.2) is 9.84 Å². The van der Waals surface area contributed by atoms with Gasteiger partial charge in [-0.25, -0.2) is 17.2 Å². The van der Waals surface area contributed by atoms with Crippen molar-refractivity contribution in [2.45, 2.75) is 17.6 Å². The van der Waals surface area contributed by atoms with Crippen LogP contribution >= 0.6 is 0 Å². The van der Waals surface area contributed by atoms with Crippen molar-refractivity contribution in [1.29, 1.82) is 0 Å². The fourth-order valence-electron chi connectivity index (χ4n) is 1.82. The van der Waals surface area contributed by atoms with E-state index in [9.17, 15) is 17.2 Å². The number of benzene rings is 1. The van der Waals surface area contributed by atoms with Crippen LogP contribution in [0.25, 0.3) is 0 Å². The highest BCUT2D eigenvalue weighted by molar-refractivity contribution is 7.90. The second-order valence-electron chi connectivity index (χ2n) is 4.34. The number of halogens is 2. The Morgan fingerprint density at radius 1 is 1.20 bits per heavy atom. The predicted molar refractivity (Wildman–Crippen MR) is 70.6 cm³/mol. The van der Waals surface area contributed by atoms with Gasteiger partial charge in [0, 0.05) is 11.4 Å². The number of rotatable bonds is 3. The van der Waals surface area contributed by atoms with Crippen molar-refractivity contribution in [2.75, 3.05) is 5.73 Å². The Kier molecular flexibility index (Phi) is 3.71. The number of hydrogen-bond donors (Lipinski definition) is 1. The van der Waals surface area contributed by atoms with E-state index < -0.39 is 32.1 Å². The lowest BCUT2D eigenvalue weighted by Crippen LogP contribution is -2.11. The molecule has 2 N–H and O–H groups in total. The molecular formula is C13H12F2N2O2S. The van der Waals surface area contributed by atoms with Crippen LogP contribution < -0.4 is 5.73 Å². The van der Waals surface area contributed by atoms with Crippen molar-refractivity contribution in [1.82, 2.24) is 4.98 Å². The Balaban J connectivity index is 2.46. The number of sulfone groups is 1. The molecule has 4 nitrogen and oxygen atoms in total. The number of aryl methyl sites for hydroxylation is 1. The molecular weight excluding hydrogens is 286 g/mol. The Morgan fingerprint density at radius 2 is 1.80 bits per heavy atom. The molecule has 2 rings (SSSR count). The fourth-order valence-corrected chi connectivity index (χ4v) is 3.23. The monoisotopic (exact) mass is 298 g/mol. The summed E-state index contributed by atoms with van der Waals surface area (Å²) in [6.45, 7) is 1.69. The van der Waals surface area contributed by atoms with Crippen LogP contribution in [-0.4, -0.2) is 13.4 Å². The van der Waals surface area contributed by atoms with Crippen LogP contribution in [0.15, 0.2) is 35.2 Å². The summed E-state index contributed by atoms with van der Waals surface area (Å²) in [6, 6.07) is 6.36. The zero-order valence-electron chi connectivity index (χ0n) is 10.6. The van der Waals surface area contributed by atoms with E-state index in [2.05, 4.69) is 4.98 Å². The molecule has 0 atom stereocenters. The summed E-state index contributed by atoms with van der Waals surface area (Å²) in [5.41, 5.74) is 5.93. The lowest BCUT2D eigenvalue weighted by atomic mass is 10.3.